The van der Waals surface area contributed by atoms with E-state index in [1.807, 2.05) is 0 Å². The van der Waals surface area contributed by atoms with E-state index in [1.165, 1.54) is 65.7 Å². The van der Waals surface area contributed by atoms with E-state index in [1.54, 1.807) is 31.1 Å². The summed E-state index contributed by atoms with van der Waals surface area (Å²) in [5.74, 6) is 0. The lowest BCUT2D eigenvalue weighted by molar-refractivity contribution is 1.63. The zero-order valence-corrected chi connectivity index (χ0v) is 45.2. The van der Waals surface area contributed by atoms with Crippen molar-refractivity contribution in [2.75, 3.05) is 0 Å². The van der Waals surface area contributed by atoms with E-state index in [0.29, 0.717) is 0 Å². The highest BCUT2D eigenvalue weighted by molar-refractivity contribution is 6.95. The summed E-state index contributed by atoms with van der Waals surface area (Å²) < 4.78 is 0. The number of hydrogen-bond donors (Lipinski definition) is 0. The molecule has 0 saturated carbocycles. The molecule has 0 bridgehead atoms. The third kappa shape index (κ3) is 7.49. The highest BCUT2D eigenvalue weighted by Gasteiger charge is 2.34. The molecule has 0 atom stereocenters. The van der Waals surface area contributed by atoms with Gasteiger partial charge in [0, 0.05) is 0 Å². The lowest BCUT2D eigenvalue weighted by Gasteiger charge is -2.31. The molecular formula is C52H70Si6. The van der Waals surface area contributed by atoms with Crippen LogP contribution in [-0.2, 0) is 0 Å². The molecule has 6 heteroatoms. The average Bonchev–Trinajstić information content (AvgIpc) is 3.10. The summed E-state index contributed by atoms with van der Waals surface area (Å²) in [5, 5.41) is 18.1. The molecule has 7 rings (SSSR count). The molecular weight excluding hydrogens is 793 g/mol. The van der Waals surface area contributed by atoms with Gasteiger partial charge in [-0.05, 0) is 71.8 Å². The van der Waals surface area contributed by atoms with Crippen LogP contribution in [-0.4, -0.2) is 48.4 Å². The molecule has 0 nitrogen and oxygen atoms in total. The first kappa shape index (κ1) is 43.0. The molecule has 0 aliphatic rings. The van der Waals surface area contributed by atoms with Gasteiger partial charge in [0.05, 0.1) is 48.4 Å². The van der Waals surface area contributed by atoms with E-state index in [0.717, 1.165) is 0 Å². The van der Waals surface area contributed by atoms with E-state index in [9.17, 15) is 0 Å². The Morgan fingerprint density at radius 3 is 0.845 bits per heavy atom. The summed E-state index contributed by atoms with van der Waals surface area (Å²) >= 11 is 0. The second-order valence-corrected chi connectivity index (χ2v) is 53.7. The van der Waals surface area contributed by atoms with Crippen LogP contribution < -0.4 is 31.1 Å². The summed E-state index contributed by atoms with van der Waals surface area (Å²) in [6.07, 6.45) is 0. The Kier molecular flexibility index (Phi) is 10.6. The zero-order valence-electron chi connectivity index (χ0n) is 39.2. The van der Waals surface area contributed by atoms with E-state index in [2.05, 4.69) is 215 Å². The van der Waals surface area contributed by atoms with Gasteiger partial charge < -0.3 is 0 Å². The first-order valence-corrected chi connectivity index (χ1v) is 42.8. The lowest BCUT2D eigenvalue weighted by Crippen LogP contribution is -2.47. The number of benzene rings is 7. The monoisotopic (exact) mass is 862 g/mol. The maximum absolute atomic E-state index is 2.61. The van der Waals surface area contributed by atoms with Crippen molar-refractivity contribution in [3.63, 3.8) is 0 Å². The van der Waals surface area contributed by atoms with Crippen LogP contribution in [0.4, 0.5) is 0 Å². The average molecular weight is 864 g/mol. The quantitative estimate of drug-likeness (QED) is 0.100. The van der Waals surface area contributed by atoms with Gasteiger partial charge in [0.25, 0.3) is 0 Å². The van der Waals surface area contributed by atoms with E-state index >= 15 is 0 Å². The largest absolute Gasteiger partial charge is 0.0784 e. The SMILES string of the molecule is C[Si](C)(C)c1cccc([Si](C)(C)C)c1-c1ccc2cc(-c3c([Si](C)(C)C)cccc3[Si](C)(C)C)c3ccc(-c4c([Si](C)(C)C)cccc4[Si](C)(C)C)c4ccc1c2c43. The normalized spacial score (nSPS) is 13.7. The Balaban J connectivity index is 1.75. The van der Waals surface area contributed by atoms with Crippen molar-refractivity contribution in [1.82, 2.24) is 0 Å². The van der Waals surface area contributed by atoms with Gasteiger partial charge in [-0.25, -0.2) is 0 Å². The van der Waals surface area contributed by atoms with Gasteiger partial charge in [-0.15, -0.1) is 0 Å². The van der Waals surface area contributed by atoms with Gasteiger partial charge >= 0.3 is 0 Å². The van der Waals surface area contributed by atoms with Crippen LogP contribution in [0, 0.1) is 0 Å². The molecule has 0 fully saturated rings. The molecule has 58 heavy (non-hydrogen) atoms. The summed E-state index contributed by atoms with van der Waals surface area (Å²) in [5.41, 5.74) is 8.92. The molecule has 7 aromatic rings. The summed E-state index contributed by atoms with van der Waals surface area (Å²) in [7, 11) is -10.3. The predicted octanol–water partition coefficient (Wildman–Crippen LogP) is 12.9. The Labute approximate surface area is 357 Å². The fourth-order valence-electron chi connectivity index (χ4n) is 9.82. The second kappa shape index (κ2) is 14.2. The zero-order chi connectivity index (χ0) is 42.7. The first-order chi connectivity index (χ1) is 26.6. The van der Waals surface area contributed by atoms with Crippen LogP contribution in [0.2, 0.25) is 118 Å². The third-order valence-electron chi connectivity index (χ3n) is 12.6. The van der Waals surface area contributed by atoms with Crippen molar-refractivity contribution in [2.24, 2.45) is 0 Å². The molecule has 0 aromatic heterocycles. The topological polar surface area (TPSA) is 0 Å². The molecule has 0 amide bonds. The molecule has 0 spiro atoms. The first-order valence-electron chi connectivity index (χ1n) is 21.8. The van der Waals surface area contributed by atoms with Crippen molar-refractivity contribution in [2.45, 2.75) is 118 Å². The number of hydrogen-bond acceptors (Lipinski definition) is 0. The van der Waals surface area contributed by atoms with Gasteiger partial charge in [0.1, 0.15) is 0 Å². The second-order valence-electron chi connectivity index (χ2n) is 23.5. The van der Waals surface area contributed by atoms with Gasteiger partial charge in [-0.2, -0.15) is 0 Å². The standard InChI is InChI=1S/C52H70Si6/c1-53(2,3)42-22-19-23-43(54(4,5)6)50(42)38-29-28-35-34-41(52-46(57(13,14)15)26-21-27-47(52)58(16,17)18)40-33-32-39(37-31-30-36(38)48(35)49(37)40)51-44(55(7,8)9)24-20-25-45(51)56(10,11)12/h19-34H,1-18H3. The maximum atomic E-state index is 2.61. The minimum atomic E-state index is -1.73. The summed E-state index contributed by atoms with van der Waals surface area (Å²) in [6.45, 7) is 45.7. The minimum absolute atomic E-state index is 1.37. The van der Waals surface area contributed by atoms with Gasteiger partial charge in [-0.3, -0.25) is 0 Å². The molecule has 0 N–H and O–H groups in total. The highest BCUT2D eigenvalue weighted by atomic mass is 28.3. The molecule has 302 valence electrons. The summed E-state index contributed by atoms with van der Waals surface area (Å²) in [6, 6.07) is 39.8. The Morgan fingerprint density at radius 2 is 0.517 bits per heavy atom. The van der Waals surface area contributed by atoms with Crippen molar-refractivity contribution in [3.8, 4) is 33.4 Å². The molecule has 0 heterocycles. The maximum Gasteiger partial charge on any atom is 0.0784 e. The van der Waals surface area contributed by atoms with Crippen LogP contribution >= 0.6 is 0 Å². The molecule has 0 aliphatic heterocycles. The van der Waals surface area contributed by atoms with Gasteiger partial charge in [0.2, 0.25) is 0 Å². The van der Waals surface area contributed by atoms with Gasteiger partial charge in [-0.1, -0.05) is 240 Å². The van der Waals surface area contributed by atoms with Crippen LogP contribution in [0.25, 0.3) is 65.7 Å². The van der Waals surface area contributed by atoms with Crippen LogP contribution in [0.1, 0.15) is 0 Å². The lowest BCUT2D eigenvalue weighted by atomic mass is 9.84. The van der Waals surface area contributed by atoms with Crippen LogP contribution in [0.3, 0.4) is 0 Å². The van der Waals surface area contributed by atoms with E-state index in [4.69, 9.17) is 0 Å². The highest BCUT2D eigenvalue weighted by Crippen LogP contribution is 2.46. The number of rotatable bonds is 9. The van der Waals surface area contributed by atoms with Crippen LogP contribution in [0.5, 0.6) is 0 Å². The van der Waals surface area contributed by atoms with Crippen LogP contribution in [0.15, 0.2) is 97.1 Å². The third-order valence-corrected chi connectivity index (χ3v) is 24.8. The fraction of sp³-hybridized carbons (Fsp3) is 0.346. The molecule has 0 aliphatic carbocycles. The smallest absolute Gasteiger partial charge is 0.0656 e. The Morgan fingerprint density at radius 1 is 0.259 bits per heavy atom. The van der Waals surface area contributed by atoms with Gasteiger partial charge in [0.15, 0.2) is 0 Å². The fourth-order valence-corrected chi connectivity index (χ4v) is 19.9. The van der Waals surface area contributed by atoms with Crippen molar-refractivity contribution < 1.29 is 0 Å². The van der Waals surface area contributed by atoms with Crippen molar-refractivity contribution in [3.05, 3.63) is 97.1 Å². The van der Waals surface area contributed by atoms with Crippen molar-refractivity contribution in [1.29, 1.82) is 0 Å². The molecule has 0 saturated heterocycles. The van der Waals surface area contributed by atoms with Crippen molar-refractivity contribution >= 4 is 112 Å². The molecule has 7 aromatic carbocycles. The summed E-state index contributed by atoms with van der Waals surface area (Å²) in [4.78, 5) is 0. The molecule has 0 unspecified atom stereocenters. The van der Waals surface area contributed by atoms with E-state index in [-0.39, 0.29) is 0 Å². The Bertz CT molecular complexity index is 2610. The Hall–Kier alpha value is -3.12. The molecule has 0 radical (unpaired) electrons. The minimum Gasteiger partial charge on any atom is -0.0656 e. The van der Waals surface area contributed by atoms with E-state index < -0.39 is 48.4 Å². The predicted molar refractivity (Wildman–Crippen MR) is 284 cm³/mol.